The molecular formula is C24H26N2O6S. The van der Waals surface area contributed by atoms with Gasteiger partial charge in [0.1, 0.15) is 18.0 Å². The highest BCUT2D eigenvalue weighted by Gasteiger charge is 2.40. The van der Waals surface area contributed by atoms with Crippen LogP contribution in [-0.4, -0.2) is 56.4 Å². The number of anilines is 1. The minimum absolute atomic E-state index is 0.179. The number of ether oxygens (including phenoxy) is 4. The SMILES string of the molecule is CCOc1cc(/C=C2/C(=O)N(c3ccc(OC)cc3)C(=S)N2CC(=O)OC)c(C)cc1OC. The molecule has 0 aliphatic carbocycles. The average Bonchev–Trinajstić information content (AvgIpc) is 3.04. The largest absolute Gasteiger partial charge is 0.497 e. The second-order valence-corrected chi connectivity index (χ2v) is 7.47. The molecule has 0 N–H and O–H groups in total. The topological polar surface area (TPSA) is 77.5 Å². The van der Waals surface area contributed by atoms with Gasteiger partial charge in [0.15, 0.2) is 16.6 Å². The molecule has 1 saturated heterocycles. The van der Waals surface area contributed by atoms with Gasteiger partial charge in [0, 0.05) is 0 Å². The fraction of sp³-hybridized carbons (Fsp3) is 0.292. The first-order chi connectivity index (χ1) is 15.8. The van der Waals surface area contributed by atoms with Gasteiger partial charge < -0.3 is 23.8 Å². The molecule has 9 heteroatoms. The third kappa shape index (κ3) is 4.93. The zero-order valence-electron chi connectivity index (χ0n) is 19.2. The second kappa shape index (κ2) is 10.4. The zero-order chi connectivity index (χ0) is 24.1. The molecule has 1 amide bonds. The number of hydrogen-bond acceptors (Lipinski definition) is 7. The number of aryl methyl sites for hydroxylation is 1. The summed E-state index contributed by atoms with van der Waals surface area (Å²) in [6.45, 7) is 4.03. The Morgan fingerprint density at radius 2 is 1.76 bits per heavy atom. The Labute approximate surface area is 198 Å². The zero-order valence-corrected chi connectivity index (χ0v) is 20.0. The van der Waals surface area contributed by atoms with E-state index in [9.17, 15) is 9.59 Å². The quantitative estimate of drug-likeness (QED) is 0.329. The third-order valence-electron chi connectivity index (χ3n) is 5.13. The predicted molar refractivity (Wildman–Crippen MR) is 129 cm³/mol. The summed E-state index contributed by atoms with van der Waals surface area (Å²) >= 11 is 5.59. The maximum absolute atomic E-state index is 13.5. The number of esters is 1. The van der Waals surface area contributed by atoms with Crippen LogP contribution in [0.5, 0.6) is 17.2 Å². The summed E-state index contributed by atoms with van der Waals surface area (Å²) in [6, 6.07) is 10.6. The second-order valence-electron chi connectivity index (χ2n) is 7.11. The van der Waals surface area contributed by atoms with E-state index < -0.39 is 5.97 Å². The van der Waals surface area contributed by atoms with E-state index in [1.54, 1.807) is 50.6 Å². The van der Waals surface area contributed by atoms with Crippen molar-refractivity contribution in [3.8, 4) is 17.2 Å². The molecule has 0 aromatic heterocycles. The molecule has 0 radical (unpaired) electrons. The monoisotopic (exact) mass is 470 g/mol. The number of carbonyl (C=O) groups is 2. The Balaban J connectivity index is 2.09. The number of carbonyl (C=O) groups excluding carboxylic acids is 2. The molecule has 1 aliphatic rings. The van der Waals surface area contributed by atoms with E-state index in [-0.39, 0.29) is 23.3 Å². The fourth-order valence-corrected chi connectivity index (χ4v) is 3.74. The maximum Gasteiger partial charge on any atom is 0.325 e. The highest BCUT2D eigenvalue weighted by molar-refractivity contribution is 7.80. The molecule has 0 spiro atoms. The van der Waals surface area contributed by atoms with Crippen molar-refractivity contribution >= 4 is 41.0 Å². The number of thiocarbonyl (C=S) groups is 1. The average molecular weight is 471 g/mol. The minimum atomic E-state index is -0.519. The van der Waals surface area contributed by atoms with Crippen LogP contribution in [0.2, 0.25) is 0 Å². The van der Waals surface area contributed by atoms with Crippen molar-refractivity contribution in [2.75, 3.05) is 39.4 Å². The van der Waals surface area contributed by atoms with Gasteiger partial charge in [-0.15, -0.1) is 0 Å². The van der Waals surface area contributed by atoms with Gasteiger partial charge in [-0.3, -0.25) is 14.5 Å². The number of hydrogen-bond donors (Lipinski definition) is 0. The van der Waals surface area contributed by atoms with E-state index in [0.717, 1.165) is 11.1 Å². The van der Waals surface area contributed by atoms with E-state index in [1.807, 2.05) is 19.9 Å². The maximum atomic E-state index is 13.5. The van der Waals surface area contributed by atoms with Gasteiger partial charge in [0.05, 0.1) is 33.6 Å². The molecule has 33 heavy (non-hydrogen) atoms. The summed E-state index contributed by atoms with van der Waals surface area (Å²) < 4.78 is 21.1. The Kier molecular flexibility index (Phi) is 7.55. The first kappa shape index (κ1) is 24.1. The highest BCUT2D eigenvalue weighted by Crippen LogP contribution is 2.34. The number of amides is 1. The Morgan fingerprint density at radius 1 is 1.06 bits per heavy atom. The van der Waals surface area contributed by atoms with Crippen molar-refractivity contribution in [1.82, 2.24) is 4.90 Å². The first-order valence-electron chi connectivity index (χ1n) is 10.2. The van der Waals surface area contributed by atoms with E-state index in [2.05, 4.69) is 0 Å². The molecular weight excluding hydrogens is 444 g/mol. The molecule has 3 rings (SSSR count). The smallest absolute Gasteiger partial charge is 0.325 e. The summed E-state index contributed by atoms with van der Waals surface area (Å²) in [5, 5.41) is 0.179. The lowest BCUT2D eigenvalue weighted by molar-refractivity contribution is -0.140. The lowest BCUT2D eigenvalue weighted by Crippen LogP contribution is -2.35. The van der Waals surface area contributed by atoms with Crippen LogP contribution in [-0.2, 0) is 14.3 Å². The summed E-state index contributed by atoms with van der Waals surface area (Å²) in [7, 11) is 4.42. The summed E-state index contributed by atoms with van der Waals surface area (Å²) in [4.78, 5) is 28.4. The summed E-state index contributed by atoms with van der Waals surface area (Å²) in [5.74, 6) is 0.917. The van der Waals surface area contributed by atoms with Gasteiger partial charge in [-0.2, -0.15) is 0 Å². The minimum Gasteiger partial charge on any atom is -0.497 e. The van der Waals surface area contributed by atoms with Crippen molar-refractivity contribution in [1.29, 1.82) is 0 Å². The van der Waals surface area contributed by atoms with E-state index >= 15 is 0 Å². The molecule has 0 atom stereocenters. The third-order valence-corrected chi connectivity index (χ3v) is 5.53. The van der Waals surface area contributed by atoms with Crippen LogP contribution in [0.1, 0.15) is 18.1 Å². The fourth-order valence-electron chi connectivity index (χ4n) is 3.39. The van der Waals surface area contributed by atoms with Crippen LogP contribution in [0.3, 0.4) is 0 Å². The van der Waals surface area contributed by atoms with Gasteiger partial charge in [-0.05, 0) is 79.7 Å². The number of benzene rings is 2. The summed E-state index contributed by atoms with van der Waals surface area (Å²) in [5.41, 5.74) is 2.40. The van der Waals surface area contributed by atoms with E-state index in [1.165, 1.54) is 16.9 Å². The molecule has 1 fully saturated rings. The van der Waals surface area contributed by atoms with E-state index in [4.69, 9.17) is 31.2 Å². The van der Waals surface area contributed by atoms with Crippen LogP contribution in [0, 0.1) is 6.92 Å². The normalized spacial score (nSPS) is 14.6. The molecule has 0 bridgehead atoms. The molecule has 8 nitrogen and oxygen atoms in total. The lowest BCUT2D eigenvalue weighted by Gasteiger charge is -2.19. The van der Waals surface area contributed by atoms with Crippen LogP contribution < -0.4 is 19.1 Å². The van der Waals surface area contributed by atoms with Gasteiger partial charge in [-0.1, -0.05) is 0 Å². The molecule has 0 saturated carbocycles. The lowest BCUT2D eigenvalue weighted by atomic mass is 10.1. The van der Waals surface area contributed by atoms with Crippen LogP contribution in [0.25, 0.3) is 6.08 Å². The molecule has 2 aromatic rings. The van der Waals surface area contributed by atoms with Gasteiger partial charge in [0.2, 0.25) is 0 Å². The molecule has 174 valence electrons. The summed E-state index contributed by atoms with van der Waals surface area (Å²) in [6.07, 6.45) is 1.69. The standard InChI is InChI=1S/C24H26N2O6S/c1-6-32-21-13-16(15(2)11-20(21)30-4)12-19-23(28)26(17-7-9-18(29-3)10-8-17)24(33)25(19)14-22(27)31-5/h7-13H,6,14H2,1-5H3/b19-12-. The van der Waals surface area contributed by atoms with Gasteiger partial charge in [0.25, 0.3) is 5.91 Å². The molecule has 1 heterocycles. The first-order valence-corrected chi connectivity index (χ1v) is 10.6. The van der Waals surface area contributed by atoms with Crippen molar-refractivity contribution in [3.05, 3.63) is 53.2 Å². The molecule has 0 unspecified atom stereocenters. The van der Waals surface area contributed by atoms with Crippen LogP contribution >= 0.6 is 12.2 Å². The van der Waals surface area contributed by atoms with Gasteiger partial charge in [-0.25, -0.2) is 0 Å². The van der Waals surface area contributed by atoms with Gasteiger partial charge >= 0.3 is 5.97 Å². The van der Waals surface area contributed by atoms with E-state index in [0.29, 0.717) is 29.5 Å². The number of methoxy groups -OCH3 is 3. The Bertz CT molecular complexity index is 1100. The van der Waals surface area contributed by atoms with Crippen molar-refractivity contribution < 1.29 is 28.5 Å². The van der Waals surface area contributed by atoms with Crippen LogP contribution in [0.15, 0.2) is 42.1 Å². The Morgan fingerprint density at radius 3 is 2.33 bits per heavy atom. The molecule has 1 aliphatic heterocycles. The highest BCUT2D eigenvalue weighted by atomic mass is 32.1. The molecule has 2 aromatic carbocycles. The number of nitrogens with zero attached hydrogens (tertiary/aromatic N) is 2. The van der Waals surface area contributed by atoms with Crippen LogP contribution in [0.4, 0.5) is 5.69 Å². The van der Waals surface area contributed by atoms with Crippen molar-refractivity contribution in [2.24, 2.45) is 0 Å². The Hall–Kier alpha value is -3.59. The van der Waals surface area contributed by atoms with Crippen molar-refractivity contribution in [3.63, 3.8) is 0 Å². The van der Waals surface area contributed by atoms with Crippen molar-refractivity contribution in [2.45, 2.75) is 13.8 Å². The number of rotatable bonds is 8. The predicted octanol–water partition coefficient (Wildman–Crippen LogP) is 3.56.